The molecule has 0 aliphatic heterocycles. The van der Waals surface area contributed by atoms with E-state index in [2.05, 4.69) is 21.2 Å². The molecule has 0 bridgehead atoms. The monoisotopic (exact) mass is 348 g/mol. The van der Waals surface area contributed by atoms with E-state index in [1.807, 2.05) is 30.3 Å². The number of halogens is 1. The number of ketones is 1. The minimum absolute atomic E-state index is 0.0822. The molecule has 1 N–H and O–H groups in total. The Morgan fingerprint density at radius 1 is 1.43 bits per heavy atom. The van der Waals surface area contributed by atoms with Crippen LogP contribution in [0.3, 0.4) is 0 Å². The van der Waals surface area contributed by atoms with Gasteiger partial charge in [0.15, 0.2) is 11.7 Å². The number of carbonyl (C=O) groups is 2. The van der Waals surface area contributed by atoms with E-state index in [0.29, 0.717) is 6.42 Å². The molecule has 1 fully saturated rings. The van der Waals surface area contributed by atoms with Crippen molar-refractivity contribution in [1.29, 1.82) is 5.26 Å². The molecule has 1 aromatic rings. The molecule has 1 aliphatic rings. The van der Waals surface area contributed by atoms with Gasteiger partial charge in [0.2, 0.25) is 5.91 Å². The summed E-state index contributed by atoms with van der Waals surface area (Å²) >= 11 is 3.41. The maximum absolute atomic E-state index is 12.3. The van der Waals surface area contributed by atoms with Crippen molar-refractivity contribution in [2.45, 2.75) is 32.2 Å². The van der Waals surface area contributed by atoms with Crippen molar-refractivity contribution in [3.05, 3.63) is 34.3 Å². The molecule has 2 rings (SSSR count). The Hall–Kier alpha value is -1.67. The average Bonchev–Trinajstić information content (AvgIpc) is 3.18. The Morgan fingerprint density at radius 3 is 2.71 bits per heavy atom. The van der Waals surface area contributed by atoms with E-state index in [9.17, 15) is 9.59 Å². The van der Waals surface area contributed by atoms with Gasteiger partial charge in [0, 0.05) is 16.4 Å². The first-order chi connectivity index (χ1) is 9.93. The number of carbonyl (C=O) groups excluding carboxylic acids is 2. The van der Waals surface area contributed by atoms with Gasteiger partial charge < -0.3 is 5.32 Å². The molecule has 110 valence electrons. The molecular formula is C16H17BrN2O2. The molecular weight excluding hydrogens is 332 g/mol. The Kier molecular flexibility index (Phi) is 4.79. The van der Waals surface area contributed by atoms with Crippen LogP contribution in [0.15, 0.2) is 28.7 Å². The van der Waals surface area contributed by atoms with E-state index in [4.69, 9.17) is 5.26 Å². The number of hydrogen-bond acceptors (Lipinski definition) is 3. The SMILES string of the molecule is CC(C)NC(=O)C(C#N)C(=O)C1CC1c1cccc(Br)c1. The van der Waals surface area contributed by atoms with Crippen LogP contribution in [0.2, 0.25) is 0 Å². The van der Waals surface area contributed by atoms with Gasteiger partial charge in [-0.1, -0.05) is 28.1 Å². The predicted octanol–water partition coefficient (Wildman–Crippen LogP) is 2.79. The fourth-order valence-electron chi connectivity index (χ4n) is 2.45. The predicted molar refractivity (Wildman–Crippen MR) is 82.4 cm³/mol. The van der Waals surface area contributed by atoms with Gasteiger partial charge in [-0.15, -0.1) is 0 Å². The number of amides is 1. The lowest BCUT2D eigenvalue weighted by atomic mass is 9.98. The largest absolute Gasteiger partial charge is 0.352 e. The van der Waals surface area contributed by atoms with E-state index in [0.717, 1.165) is 10.0 Å². The van der Waals surface area contributed by atoms with Gasteiger partial charge in [0.25, 0.3) is 0 Å². The summed E-state index contributed by atoms with van der Waals surface area (Å²) < 4.78 is 0.965. The molecule has 3 atom stereocenters. The highest BCUT2D eigenvalue weighted by molar-refractivity contribution is 9.10. The van der Waals surface area contributed by atoms with Gasteiger partial charge in [-0.2, -0.15) is 5.26 Å². The molecule has 0 radical (unpaired) electrons. The minimum Gasteiger partial charge on any atom is -0.352 e. The maximum atomic E-state index is 12.3. The first-order valence-electron chi connectivity index (χ1n) is 6.93. The highest BCUT2D eigenvalue weighted by atomic mass is 79.9. The van der Waals surface area contributed by atoms with Crippen LogP contribution in [-0.2, 0) is 9.59 Å². The number of rotatable bonds is 5. The first kappa shape index (κ1) is 15.7. The smallest absolute Gasteiger partial charge is 0.245 e. The Morgan fingerprint density at radius 2 is 2.14 bits per heavy atom. The van der Waals surface area contributed by atoms with Crippen LogP contribution in [0, 0.1) is 23.2 Å². The third-order valence-corrected chi connectivity index (χ3v) is 4.03. The number of nitrogens with one attached hydrogen (secondary N) is 1. The second-order valence-electron chi connectivity index (χ2n) is 5.63. The van der Waals surface area contributed by atoms with Gasteiger partial charge in [0.1, 0.15) is 0 Å². The number of nitrogens with zero attached hydrogens (tertiary/aromatic N) is 1. The molecule has 0 aromatic heterocycles. The molecule has 4 nitrogen and oxygen atoms in total. The number of benzene rings is 1. The van der Waals surface area contributed by atoms with Crippen molar-refractivity contribution in [3.63, 3.8) is 0 Å². The third-order valence-electron chi connectivity index (χ3n) is 3.54. The standard InChI is InChI=1S/C16H17BrN2O2/c1-9(2)19-16(21)14(8-18)15(20)13-7-12(13)10-4-3-5-11(17)6-10/h3-6,9,12-14H,7H2,1-2H3,(H,19,21). The molecule has 21 heavy (non-hydrogen) atoms. The van der Waals surface area contributed by atoms with Crippen LogP contribution in [0.4, 0.5) is 0 Å². The molecule has 1 saturated carbocycles. The maximum Gasteiger partial charge on any atom is 0.245 e. The number of Topliss-reactive ketones (excluding diaryl/α,β-unsaturated/α-hetero) is 1. The molecule has 5 heteroatoms. The third kappa shape index (κ3) is 3.70. The summed E-state index contributed by atoms with van der Waals surface area (Å²) in [4.78, 5) is 24.2. The van der Waals surface area contributed by atoms with Crippen LogP contribution in [0.1, 0.15) is 31.7 Å². The summed E-state index contributed by atoms with van der Waals surface area (Å²) in [6, 6.07) is 9.56. The van der Waals surface area contributed by atoms with Gasteiger partial charge in [-0.25, -0.2) is 0 Å². The summed E-state index contributed by atoms with van der Waals surface area (Å²) in [5.41, 5.74) is 1.07. The fraction of sp³-hybridized carbons (Fsp3) is 0.438. The minimum atomic E-state index is -1.20. The van der Waals surface area contributed by atoms with E-state index < -0.39 is 11.8 Å². The Bertz CT molecular complexity index is 607. The van der Waals surface area contributed by atoms with E-state index in [1.165, 1.54) is 0 Å². The molecule has 1 amide bonds. The van der Waals surface area contributed by atoms with Crippen LogP contribution in [0.5, 0.6) is 0 Å². The normalized spacial score (nSPS) is 21.5. The zero-order chi connectivity index (χ0) is 15.6. The van der Waals surface area contributed by atoms with E-state index in [-0.39, 0.29) is 23.7 Å². The topological polar surface area (TPSA) is 70.0 Å². The molecule has 0 spiro atoms. The lowest BCUT2D eigenvalue weighted by molar-refractivity contribution is -0.132. The molecule has 0 saturated heterocycles. The van der Waals surface area contributed by atoms with Crippen molar-refractivity contribution in [2.24, 2.45) is 11.8 Å². The van der Waals surface area contributed by atoms with Gasteiger partial charge in [-0.3, -0.25) is 9.59 Å². The Balaban J connectivity index is 2.05. The van der Waals surface area contributed by atoms with Crippen molar-refractivity contribution in [3.8, 4) is 6.07 Å². The second kappa shape index (κ2) is 6.40. The molecule has 3 unspecified atom stereocenters. The molecule has 1 aliphatic carbocycles. The van der Waals surface area contributed by atoms with Crippen molar-refractivity contribution >= 4 is 27.6 Å². The summed E-state index contributed by atoms with van der Waals surface area (Å²) in [5, 5.41) is 11.7. The lowest BCUT2D eigenvalue weighted by Crippen LogP contribution is -2.39. The van der Waals surface area contributed by atoms with Crippen molar-refractivity contribution in [2.75, 3.05) is 0 Å². The quantitative estimate of drug-likeness (QED) is 0.831. The second-order valence-corrected chi connectivity index (χ2v) is 6.55. The highest BCUT2D eigenvalue weighted by Crippen LogP contribution is 2.49. The summed E-state index contributed by atoms with van der Waals surface area (Å²) in [6.07, 6.45) is 0.711. The fourth-order valence-corrected chi connectivity index (χ4v) is 2.87. The highest BCUT2D eigenvalue weighted by Gasteiger charge is 2.47. The molecule has 1 aromatic carbocycles. The van der Waals surface area contributed by atoms with E-state index in [1.54, 1.807) is 13.8 Å². The number of hydrogen-bond donors (Lipinski definition) is 1. The summed E-state index contributed by atoms with van der Waals surface area (Å²) in [5.74, 6) is -2.05. The zero-order valence-electron chi connectivity index (χ0n) is 12.0. The summed E-state index contributed by atoms with van der Waals surface area (Å²) in [7, 11) is 0. The van der Waals surface area contributed by atoms with E-state index >= 15 is 0 Å². The van der Waals surface area contributed by atoms with Gasteiger partial charge in [-0.05, 0) is 43.9 Å². The average molecular weight is 349 g/mol. The zero-order valence-corrected chi connectivity index (χ0v) is 13.6. The number of nitriles is 1. The Labute approximate surface area is 132 Å². The van der Waals surface area contributed by atoms with Crippen LogP contribution >= 0.6 is 15.9 Å². The summed E-state index contributed by atoms with van der Waals surface area (Å²) in [6.45, 7) is 3.61. The lowest BCUT2D eigenvalue weighted by Gasteiger charge is -2.12. The van der Waals surface area contributed by atoms with Crippen molar-refractivity contribution in [1.82, 2.24) is 5.32 Å². The van der Waals surface area contributed by atoms with Gasteiger partial charge >= 0.3 is 0 Å². The van der Waals surface area contributed by atoms with Crippen LogP contribution < -0.4 is 5.32 Å². The first-order valence-corrected chi connectivity index (χ1v) is 7.72. The van der Waals surface area contributed by atoms with Gasteiger partial charge in [0.05, 0.1) is 6.07 Å². The molecule has 0 heterocycles. The van der Waals surface area contributed by atoms with Crippen LogP contribution in [-0.4, -0.2) is 17.7 Å². The van der Waals surface area contributed by atoms with Crippen molar-refractivity contribution < 1.29 is 9.59 Å². The van der Waals surface area contributed by atoms with Crippen LogP contribution in [0.25, 0.3) is 0 Å².